The Kier molecular flexibility index (Phi) is 22.3. The molecule has 3 saturated carbocycles. The summed E-state index contributed by atoms with van der Waals surface area (Å²) in [5, 5.41) is 8.06. The summed E-state index contributed by atoms with van der Waals surface area (Å²) >= 11 is 0. The van der Waals surface area contributed by atoms with Gasteiger partial charge >= 0.3 is 0 Å². The zero-order valence-electron chi connectivity index (χ0n) is 29.1. The average Bonchev–Trinajstić information content (AvgIpc) is 2.78. The van der Waals surface area contributed by atoms with E-state index in [4.69, 9.17) is 5.11 Å². The van der Waals surface area contributed by atoms with Crippen molar-refractivity contribution < 1.29 is 24.3 Å². The maximum Gasteiger partial charge on any atom is 0.159 e. The molecule has 5 nitrogen and oxygen atoms in total. The molecule has 0 aromatic rings. The molecule has 3 aliphatic rings. The first-order chi connectivity index (χ1) is 18.8. The fourth-order valence-corrected chi connectivity index (χ4v) is 5.45. The molecule has 1 N–H and O–H groups in total. The van der Waals surface area contributed by atoms with Crippen molar-refractivity contribution in [3.63, 3.8) is 0 Å². The van der Waals surface area contributed by atoms with E-state index in [9.17, 15) is 19.2 Å². The van der Waals surface area contributed by atoms with Gasteiger partial charge in [0.1, 0.15) is 17.3 Å². The van der Waals surface area contributed by atoms with Crippen LogP contribution in [0.4, 0.5) is 0 Å². The number of ketones is 4. The van der Waals surface area contributed by atoms with Crippen molar-refractivity contribution in [2.75, 3.05) is 0 Å². The first kappa shape index (κ1) is 41.5. The van der Waals surface area contributed by atoms with Gasteiger partial charge in [-0.15, -0.1) is 0 Å². The first-order valence-corrected chi connectivity index (χ1v) is 16.2. The second kappa shape index (κ2) is 22.0. The maximum absolute atomic E-state index is 11.4. The zero-order chi connectivity index (χ0) is 32.4. The van der Waals surface area contributed by atoms with Gasteiger partial charge in [0, 0.05) is 37.2 Å². The summed E-state index contributed by atoms with van der Waals surface area (Å²) in [6.45, 7) is 25.7. The number of hydrogen-bond donors (Lipinski definition) is 1. The monoisotopic (exact) mass is 578 g/mol. The Morgan fingerprint density at radius 3 is 1.20 bits per heavy atom. The molecule has 5 atom stereocenters. The summed E-state index contributed by atoms with van der Waals surface area (Å²) in [6, 6.07) is 0. The van der Waals surface area contributed by atoms with E-state index >= 15 is 0 Å². The Balaban J connectivity index is 0. The molecule has 0 aromatic heterocycles. The van der Waals surface area contributed by atoms with Crippen LogP contribution >= 0.6 is 0 Å². The van der Waals surface area contributed by atoms with E-state index in [0.717, 1.165) is 44.1 Å². The number of carbonyl (C=O) groups is 4. The van der Waals surface area contributed by atoms with Crippen LogP contribution in [0, 0.1) is 41.4 Å². The third kappa shape index (κ3) is 20.8. The van der Waals surface area contributed by atoms with Crippen molar-refractivity contribution in [1.82, 2.24) is 0 Å². The molecule has 41 heavy (non-hydrogen) atoms. The first-order valence-electron chi connectivity index (χ1n) is 16.2. The summed E-state index contributed by atoms with van der Waals surface area (Å²) in [7, 11) is 0. The molecule has 0 radical (unpaired) electrons. The summed E-state index contributed by atoms with van der Waals surface area (Å²) < 4.78 is 0. The van der Waals surface area contributed by atoms with Gasteiger partial charge in [-0.1, -0.05) is 54.0 Å². The molecule has 3 rings (SSSR count). The van der Waals surface area contributed by atoms with Crippen molar-refractivity contribution >= 4 is 23.1 Å². The highest BCUT2D eigenvalue weighted by Gasteiger charge is 2.29. The number of rotatable bonds is 2. The fourth-order valence-electron chi connectivity index (χ4n) is 5.45. The molecule has 0 saturated heterocycles. The van der Waals surface area contributed by atoms with Crippen molar-refractivity contribution in [1.29, 1.82) is 0 Å². The van der Waals surface area contributed by atoms with Gasteiger partial charge in [-0.25, -0.2) is 0 Å². The van der Waals surface area contributed by atoms with Gasteiger partial charge in [0.2, 0.25) is 0 Å². The summed E-state index contributed by atoms with van der Waals surface area (Å²) in [4.78, 5) is 43.7. The van der Waals surface area contributed by atoms with Crippen LogP contribution in [-0.4, -0.2) is 34.3 Å². The fraction of sp³-hybridized carbons (Fsp3) is 0.833. The predicted octanol–water partition coefficient (Wildman–Crippen LogP) is 8.99. The van der Waals surface area contributed by atoms with Crippen molar-refractivity contribution in [2.24, 2.45) is 41.4 Å². The molecule has 0 heterocycles. The van der Waals surface area contributed by atoms with Crippen molar-refractivity contribution in [2.45, 2.75) is 154 Å². The van der Waals surface area contributed by atoms with Crippen molar-refractivity contribution in [3.05, 3.63) is 11.1 Å². The molecule has 0 bridgehead atoms. The molecule has 5 heteroatoms. The van der Waals surface area contributed by atoms with E-state index in [2.05, 4.69) is 48.5 Å². The van der Waals surface area contributed by atoms with Gasteiger partial charge in [-0.2, -0.15) is 0 Å². The number of aliphatic hydroxyl groups is 1. The van der Waals surface area contributed by atoms with E-state index in [1.165, 1.54) is 38.7 Å². The smallest absolute Gasteiger partial charge is 0.159 e. The van der Waals surface area contributed by atoms with E-state index < -0.39 is 0 Å². The highest BCUT2D eigenvalue weighted by molar-refractivity contribution is 5.96. The Hall–Kier alpha value is -1.62. The molecular weight excluding hydrogens is 512 g/mol. The van der Waals surface area contributed by atoms with Crippen LogP contribution in [0.5, 0.6) is 0 Å². The molecule has 0 aromatic carbocycles. The van der Waals surface area contributed by atoms with Crippen LogP contribution < -0.4 is 0 Å². The minimum absolute atomic E-state index is 0.167. The molecule has 0 unspecified atom stereocenters. The topological polar surface area (TPSA) is 88.5 Å². The molecule has 0 amide bonds. The predicted molar refractivity (Wildman–Crippen MR) is 173 cm³/mol. The Labute approximate surface area is 253 Å². The lowest BCUT2D eigenvalue weighted by molar-refractivity contribution is -0.128. The highest BCUT2D eigenvalue weighted by Crippen LogP contribution is 2.31. The van der Waals surface area contributed by atoms with E-state index in [0.29, 0.717) is 58.8 Å². The van der Waals surface area contributed by atoms with Gasteiger partial charge in [-0.3, -0.25) is 14.4 Å². The van der Waals surface area contributed by atoms with Gasteiger partial charge in [0.25, 0.3) is 0 Å². The molecule has 3 aliphatic carbocycles. The lowest BCUT2D eigenvalue weighted by atomic mass is 9.77. The van der Waals surface area contributed by atoms with Crippen molar-refractivity contribution in [3.8, 4) is 0 Å². The number of hydrogen-bond acceptors (Lipinski definition) is 5. The summed E-state index contributed by atoms with van der Waals surface area (Å²) in [6.07, 6.45) is 9.17. The highest BCUT2D eigenvalue weighted by atomic mass is 16.3. The third-order valence-corrected chi connectivity index (χ3v) is 7.84. The standard InChI is InChI=1S/2C10H18O.C10H16O.C3H8O.C3H6O/c3*1-7(2)9-5-4-8(3)6-10(9)11;2*1-3(2)4/h2*7-9H,4-6H2,1-3H3;8H,4-6H2,1-3H3;3-4H,1-2H3;1-2H3/t8-,9+;8-,9-;8-;;/m111../s1. The average molecular weight is 579 g/mol. The van der Waals surface area contributed by atoms with Gasteiger partial charge < -0.3 is 9.90 Å². The van der Waals surface area contributed by atoms with Crippen LogP contribution in [0.1, 0.15) is 148 Å². The largest absolute Gasteiger partial charge is 0.394 e. The van der Waals surface area contributed by atoms with E-state index in [1.807, 2.05) is 13.8 Å². The van der Waals surface area contributed by atoms with E-state index in [-0.39, 0.29) is 11.9 Å². The SMILES string of the molecule is CC(C)=C1CC[C@@H](C)CC1=O.CC(C)=O.CC(C)O.CC(C)[C@@H]1CC[C@@H](C)CC1=O.CC(C)[C@H]1CC[C@@H](C)CC1=O. The summed E-state index contributed by atoms with van der Waals surface area (Å²) in [5.41, 5.74) is 2.30. The molecule has 3 fully saturated rings. The third-order valence-electron chi connectivity index (χ3n) is 7.84. The normalized spacial score (nSPS) is 26.0. The van der Waals surface area contributed by atoms with Gasteiger partial charge in [-0.05, 0) is 115 Å². The minimum Gasteiger partial charge on any atom is -0.394 e. The molecule has 240 valence electrons. The van der Waals surface area contributed by atoms with Gasteiger partial charge in [0.05, 0.1) is 0 Å². The van der Waals surface area contributed by atoms with E-state index in [1.54, 1.807) is 13.8 Å². The number of Topliss-reactive ketones (excluding diaryl/α,β-unsaturated/α-hetero) is 4. The summed E-state index contributed by atoms with van der Waals surface area (Å²) in [5.74, 6) is 5.25. The zero-order valence-corrected chi connectivity index (χ0v) is 29.1. The van der Waals surface area contributed by atoms with Crippen LogP contribution in [0.15, 0.2) is 11.1 Å². The maximum atomic E-state index is 11.4. The lowest BCUT2D eigenvalue weighted by Crippen LogP contribution is -2.27. The lowest BCUT2D eigenvalue weighted by Gasteiger charge is -2.27. The second-order valence-corrected chi connectivity index (χ2v) is 14.2. The molecule has 0 aliphatic heterocycles. The quantitative estimate of drug-likeness (QED) is 0.330. The van der Waals surface area contributed by atoms with Crippen LogP contribution in [0.3, 0.4) is 0 Å². The molecule has 0 spiro atoms. The number of aliphatic hydroxyl groups excluding tert-OH is 1. The number of carbonyl (C=O) groups excluding carboxylic acids is 4. The van der Waals surface area contributed by atoms with Gasteiger partial charge in [0.15, 0.2) is 5.78 Å². The number of allylic oxidation sites excluding steroid dienone is 2. The minimum atomic E-state index is -0.167. The van der Waals surface area contributed by atoms with Crippen LogP contribution in [-0.2, 0) is 19.2 Å². The second-order valence-electron chi connectivity index (χ2n) is 14.2. The van der Waals surface area contributed by atoms with Crippen LogP contribution in [0.2, 0.25) is 0 Å². The van der Waals surface area contributed by atoms with Crippen LogP contribution in [0.25, 0.3) is 0 Å². The Bertz CT molecular complexity index is 773. The Morgan fingerprint density at radius 2 is 0.951 bits per heavy atom. The molecular formula is C36H66O5. The Morgan fingerprint density at radius 1 is 0.634 bits per heavy atom.